The first-order chi connectivity index (χ1) is 14.6. The summed E-state index contributed by atoms with van der Waals surface area (Å²) in [5.41, 5.74) is 0.846. The standard InChI is InChI=1S/C21H21Cl2N5O2/c22-16-6-4-15(5-7-16)21-25-19(30-26-21)2-1-3-20(29)28-12-10-27(11-13-28)18-9-8-17(23)14-24-18/h4-9,14H,1-3,10-13H2. The van der Waals surface area contributed by atoms with Crippen LogP contribution in [0.15, 0.2) is 47.1 Å². The van der Waals surface area contributed by atoms with Crippen molar-refractivity contribution >= 4 is 34.9 Å². The van der Waals surface area contributed by atoms with E-state index in [9.17, 15) is 4.79 Å². The van der Waals surface area contributed by atoms with Crippen LogP contribution in [0.2, 0.25) is 10.0 Å². The van der Waals surface area contributed by atoms with E-state index in [2.05, 4.69) is 20.0 Å². The quantitative estimate of drug-likeness (QED) is 0.568. The maximum Gasteiger partial charge on any atom is 0.226 e. The third kappa shape index (κ3) is 5.09. The Kier molecular flexibility index (Phi) is 6.50. The summed E-state index contributed by atoms with van der Waals surface area (Å²) in [7, 11) is 0. The van der Waals surface area contributed by atoms with Gasteiger partial charge in [-0.1, -0.05) is 28.4 Å². The van der Waals surface area contributed by atoms with Gasteiger partial charge in [-0.2, -0.15) is 4.98 Å². The predicted octanol–water partition coefficient (Wildman–Crippen LogP) is 4.11. The summed E-state index contributed by atoms with van der Waals surface area (Å²) in [6.45, 7) is 2.89. The van der Waals surface area contributed by atoms with Gasteiger partial charge in [0.15, 0.2) is 0 Å². The highest BCUT2D eigenvalue weighted by Gasteiger charge is 2.21. The van der Waals surface area contributed by atoms with Crippen molar-refractivity contribution in [1.82, 2.24) is 20.0 Å². The fourth-order valence-corrected chi connectivity index (χ4v) is 3.60. The van der Waals surface area contributed by atoms with Gasteiger partial charge in [0.2, 0.25) is 17.6 Å². The highest BCUT2D eigenvalue weighted by Crippen LogP contribution is 2.20. The van der Waals surface area contributed by atoms with Gasteiger partial charge in [0.25, 0.3) is 0 Å². The first-order valence-electron chi connectivity index (χ1n) is 9.81. The molecule has 1 aliphatic rings. The molecule has 1 fully saturated rings. The van der Waals surface area contributed by atoms with Gasteiger partial charge in [-0.3, -0.25) is 4.79 Å². The first-order valence-corrected chi connectivity index (χ1v) is 10.6. The number of aromatic nitrogens is 3. The van der Waals surface area contributed by atoms with E-state index in [1.54, 1.807) is 18.3 Å². The van der Waals surface area contributed by atoms with Crippen LogP contribution in [-0.4, -0.2) is 52.1 Å². The monoisotopic (exact) mass is 445 g/mol. The summed E-state index contributed by atoms with van der Waals surface area (Å²) >= 11 is 11.8. The van der Waals surface area contributed by atoms with Gasteiger partial charge in [0, 0.05) is 55.8 Å². The maximum atomic E-state index is 12.5. The molecule has 0 atom stereocenters. The molecule has 1 amide bonds. The molecule has 156 valence electrons. The average molecular weight is 446 g/mol. The van der Waals surface area contributed by atoms with Crippen LogP contribution in [0, 0.1) is 0 Å². The molecule has 2 aromatic heterocycles. The molecule has 30 heavy (non-hydrogen) atoms. The van der Waals surface area contributed by atoms with Gasteiger partial charge in [-0.25, -0.2) is 4.98 Å². The Morgan fingerprint density at radius 1 is 1.00 bits per heavy atom. The molecular formula is C21H21Cl2N5O2. The number of carbonyl (C=O) groups excluding carboxylic acids is 1. The molecular weight excluding hydrogens is 425 g/mol. The van der Waals surface area contributed by atoms with Crippen molar-refractivity contribution in [1.29, 1.82) is 0 Å². The maximum absolute atomic E-state index is 12.5. The van der Waals surface area contributed by atoms with Crippen LogP contribution in [0.4, 0.5) is 5.82 Å². The Hall–Kier alpha value is -2.64. The number of rotatable bonds is 6. The molecule has 0 saturated carbocycles. The molecule has 9 heteroatoms. The van der Waals surface area contributed by atoms with Crippen LogP contribution in [0.5, 0.6) is 0 Å². The molecule has 4 rings (SSSR count). The lowest BCUT2D eigenvalue weighted by Crippen LogP contribution is -2.49. The normalized spacial score (nSPS) is 14.2. The van der Waals surface area contributed by atoms with Gasteiger partial charge in [-0.15, -0.1) is 0 Å². The molecule has 0 bridgehead atoms. The number of nitrogens with zero attached hydrogens (tertiary/aromatic N) is 5. The Labute approximate surface area is 184 Å². The fraction of sp³-hybridized carbons (Fsp3) is 0.333. The summed E-state index contributed by atoms with van der Waals surface area (Å²) in [6.07, 6.45) is 3.34. The molecule has 0 aliphatic carbocycles. The molecule has 0 radical (unpaired) electrons. The third-order valence-electron chi connectivity index (χ3n) is 5.02. The zero-order valence-electron chi connectivity index (χ0n) is 16.3. The van der Waals surface area contributed by atoms with Crippen molar-refractivity contribution < 1.29 is 9.32 Å². The van der Waals surface area contributed by atoms with Crippen molar-refractivity contribution in [3.8, 4) is 11.4 Å². The topological polar surface area (TPSA) is 75.4 Å². The zero-order valence-corrected chi connectivity index (χ0v) is 17.8. The number of benzene rings is 1. The van der Waals surface area contributed by atoms with Gasteiger partial charge >= 0.3 is 0 Å². The zero-order chi connectivity index (χ0) is 20.9. The lowest BCUT2D eigenvalue weighted by atomic mass is 10.2. The van der Waals surface area contributed by atoms with Crippen LogP contribution in [-0.2, 0) is 11.2 Å². The molecule has 0 N–H and O–H groups in total. The number of halogens is 2. The number of amides is 1. The third-order valence-corrected chi connectivity index (χ3v) is 5.50. The average Bonchev–Trinajstić information content (AvgIpc) is 3.24. The van der Waals surface area contributed by atoms with Crippen molar-refractivity contribution in [2.45, 2.75) is 19.3 Å². The van der Waals surface area contributed by atoms with E-state index in [1.807, 2.05) is 29.2 Å². The minimum atomic E-state index is 0.149. The molecule has 1 aromatic carbocycles. The number of hydrogen-bond donors (Lipinski definition) is 0. The van der Waals surface area contributed by atoms with E-state index < -0.39 is 0 Å². The van der Waals surface area contributed by atoms with Gasteiger partial charge in [-0.05, 0) is 42.8 Å². The molecule has 0 spiro atoms. The lowest BCUT2D eigenvalue weighted by molar-refractivity contribution is -0.131. The number of hydrogen-bond acceptors (Lipinski definition) is 6. The van der Waals surface area contributed by atoms with E-state index in [0.29, 0.717) is 54.1 Å². The van der Waals surface area contributed by atoms with E-state index in [1.165, 1.54) is 0 Å². The molecule has 3 aromatic rings. The molecule has 1 aliphatic heterocycles. The molecule has 7 nitrogen and oxygen atoms in total. The van der Waals surface area contributed by atoms with E-state index in [-0.39, 0.29) is 5.91 Å². The van der Waals surface area contributed by atoms with Crippen molar-refractivity contribution in [3.63, 3.8) is 0 Å². The summed E-state index contributed by atoms with van der Waals surface area (Å²) in [5.74, 6) is 2.10. The van der Waals surface area contributed by atoms with Gasteiger partial charge < -0.3 is 14.3 Å². The Morgan fingerprint density at radius 2 is 1.73 bits per heavy atom. The summed E-state index contributed by atoms with van der Waals surface area (Å²) < 4.78 is 5.31. The number of pyridine rings is 1. The van der Waals surface area contributed by atoms with Crippen LogP contribution in [0.3, 0.4) is 0 Å². The molecule has 1 saturated heterocycles. The van der Waals surface area contributed by atoms with Crippen LogP contribution in [0.25, 0.3) is 11.4 Å². The number of piperazine rings is 1. The Balaban J connectivity index is 1.22. The Morgan fingerprint density at radius 3 is 2.43 bits per heavy atom. The highest BCUT2D eigenvalue weighted by molar-refractivity contribution is 6.30. The molecule has 0 unspecified atom stereocenters. The highest BCUT2D eigenvalue weighted by atomic mass is 35.5. The number of carbonyl (C=O) groups is 1. The second-order valence-corrected chi connectivity index (χ2v) is 7.95. The summed E-state index contributed by atoms with van der Waals surface area (Å²) in [4.78, 5) is 25.3. The van der Waals surface area contributed by atoms with Gasteiger partial charge in [0.05, 0.1) is 5.02 Å². The summed E-state index contributed by atoms with van der Waals surface area (Å²) in [5, 5.41) is 5.28. The number of aryl methyl sites for hydroxylation is 1. The van der Waals surface area contributed by atoms with E-state index in [4.69, 9.17) is 27.7 Å². The number of anilines is 1. The van der Waals surface area contributed by atoms with Crippen LogP contribution in [0.1, 0.15) is 18.7 Å². The smallest absolute Gasteiger partial charge is 0.226 e. The predicted molar refractivity (Wildman–Crippen MR) is 116 cm³/mol. The Bertz CT molecular complexity index is 983. The minimum absolute atomic E-state index is 0.149. The van der Waals surface area contributed by atoms with E-state index in [0.717, 1.165) is 24.5 Å². The summed E-state index contributed by atoms with van der Waals surface area (Å²) in [6, 6.07) is 11.0. The van der Waals surface area contributed by atoms with Crippen molar-refractivity contribution in [2.75, 3.05) is 31.1 Å². The minimum Gasteiger partial charge on any atom is -0.353 e. The SMILES string of the molecule is O=C(CCCc1nc(-c2ccc(Cl)cc2)no1)N1CCN(c2ccc(Cl)cn2)CC1. The van der Waals surface area contributed by atoms with Crippen molar-refractivity contribution in [2.24, 2.45) is 0 Å². The largest absolute Gasteiger partial charge is 0.353 e. The van der Waals surface area contributed by atoms with Gasteiger partial charge in [0.1, 0.15) is 5.82 Å². The van der Waals surface area contributed by atoms with Crippen LogP contribution >= 0.6 is 23.2 Å². The lowest BCUT2D eigenvalue weighted by Gasteiger charge is -2.35. The fourth-order valence-electron chi connectivity index (χ4n) is 3.36. The first kappa shape index (κ1) is 20.6. The van der Waals surface area contributed by atoms with E-state index >= 15 is 0 Å². The van der Waals surface area contributed by atoms with Crippen molar-refractivity contribution in [3.05, 3.63) is 58.5 Å². The molecule has 3 heterocycles. The van der Waals surface area contributed by atoms with Crippen LogP contribution < -0.4 is 4.90 Å². The second kappa shape index (κ2) is 9.45. The second-order valence-electron chi connectivity index (χ2n) is 7.07.